The molecule has 1 aliphatic rings. The molecule has 1 amide bonds. The average molecular weight is 322 g/mol. The first-order chi connectivity index (χ1) is 11.7. The van der Waals surface area contributed by atoms with Crippen LogP contribution in [-0.4, -0.2) is 19.1 Å². The van der Waals surface area contributed by atoms with Gasteiger partial charge in [-0.3, -0.25) is 4.79 Å². The number of anilines is 1. The van der Waals surface area contributed by atoms with Crippen molar-refractivity contribution in [1.82, 2.24) is 0 Å². The van der Waals surface area contributed by atoms with Crippen LogP contribution in [0.5, 0.6) is 11.5 Å². The minimum Gasteiger partial charge on any atom is -0.486 e. The van der Waals surface area contributed by atoms with E-state index in [0.717, 1.165) is 17.0 Å². The molecule has 0 spiro atoms. The third kappa shape index (κ3) is 3.33. The minimum absolute atomic E-state index is 0.0000196. The number of nitrogens with zero attached hydrogens (tertiary/aromatic N) is 2. The second kappa shape index (κ2) is 7.05. The van der Waals surface area contributed by atoms with Crippen LogP contribution in [0, 0.1) is 11.3 Å². The number of nitriles is 1. The minimum atomic E-state index is -0.0000196. The summed E-state index contributed by atoms with van der Waals surface area (Å²) in [5.41, 5.74) is 2.20. The summed E-state index contributed by atoms with van der Waals surface area (Å²) < 4.78 is 11.1. The average Bonchev–Trinajstić information content (AvgIpc) is 2.65. The van der Waals surface area contributed by atoms with E-state index in [9.17, 15) is 4.79 Å². The van der Waals surface area contributed by atoms with E-state index in [0.29, 0.717) is 37.5 Å². The quantitative estimate of drug-likeness (QED) is 0.866. The number of carbonyl (C=O) groups excluding carboxylic acids is 1. The summed E-state index contributed by atoms with van der Waals surface area (Å²) in [6, 6.07) is 14.9. The Morgan fingerprint density at radius 3 is 2.71 bits per heavy atom. The highest BCUT2D eigenvalue weighted by Crippen LogP contribution is 2.31. The molecule has 0 saturated carbocycles. The maximum Gasteiger partial charge on any atom is 0.227 e. The van der Waals surface area contributed by atoms with Gasteiger partial charge in [0.1, 0.15) is 13.2 Å². The van der Waals surface area contributed by atoms with E-state index in [-0.39, 0.29) is 5.91 Å². The van der Waals surface area contributed by atoms with Crippen LogP contribution in [0.4, 0.5) is 5.69 Å². The summed E-state index contributed by atoms with van der Waals surface area (Å²) in [5.74, 6) is 1.43. The highest BCUT2D eigenvalue weighted by molar-refractivity contribution is 5.93. The Morgan fingerprint density at radius 2 is 1.96 bits per heavy atom. The molecule has 2 aromatic carbocycles. The monoisotopic (exact) mass is 322 g/mol. The van der Waals surface area contributed by atoms with Crippen molar-refractivity contribution < 1.29 is 14.3 Å². The summed E-state index contributed by atoms with van der Waals surface area (Å²) in [7, 11) is 0. The van der Waals surface area contributed by atoms with Gasteiger partial charge in [-0.1, -0.05) is 19.1 Å². The molecule has 3 rings (SSSR count). The smallest absolute Gasteiger partial charge is 0.227 e. The predicted molar refractivity (Wildman–Crippen MR) is 90.1 cm³/mol. The lowest BCUT2D eigenvalue weighted by atomic mass is 10.1. The van der Waals surface area contributed by atoms with E-state index in [1.807, 2.05) is 31.2 Å². The summed E-state index contributed by atoms with van der Waals surface area (Å²) in [6.45, 7) is 3.32. The fourth-order valence-corrected chi connectivity index (χ4v) is 2.63. The first-order valence-electron chi connectivity index (χ1n) is 7.90. The first kappa shape index (κ1) is 15.9. The Kier molecular flexibility index (Phi) is 4.66. The van der Waals surface area contributed by atoms with Crippen molar-refractivity contribution >= 4 is 11.6 Å². The number of fused-ring (bicyclic) bond motifs is 1. The molecule has 0 aliphatic carbocycles. The molecule has 122 valence electrons. The van der Waals surface area contributed by atoms with Crippen molar-refractivity contribution in [2.75, 3.05) is 18.1 Å². The Morgan fingerprint density at radius 1 is 1.17 bits per heavy atom. The van der Waals surface area contributed by atoms with Crippen molar-refractivity contribution in [3.63, 3.8) is 0 Å². The molecule has 5 heteroatoms. The third-order valence-corrected chi connectivity index (χ3v) is 3.84. The summed E-state index contributed by atoms with van der Waals surface area (Å²) in [4.78, 5) is 14.1. The topological polar surface area (TPSA) is 62.6 Å². The van der Waals surface area contributed by atoms with Gasteiger partial charge in [-0.05, 0) is 35.9 Å². The molecule has 0 saturated heterocycles. The zero-order chi connectivity index (χ0) is 16.9. The first-order valence-corrected chi connectivity index (χ1v) is 7.90. The molecule has 0 unspecified atom stereocenters. The van der Waals surface area contributed by atoms with Gasteiger partial charge >= 0.3 is 0 Å². The van der Waals surface area contributed by atoms with Gasteiger partial charge in [0.2, 0.25) is 5.91 Å². The Hall–Kier alpha value is -3.00. The van der Waals surface area contributed by atoms with Gasteiger partial charge in [0.05, 0.1) is 18.2 Å². The molecule has 0 fully saturated rings. The molecule has 1 heterocycles. The van der Waals surface area contributed by atoms with Crippen molar-refractivity contribution in [1.29, 1.82) is 5.26 Å². The molecule has 5 nitrogen and oxygen atoms in total. The van der Waals surface area contributed by atoms with E-state index in [2.05, 4.69) is 6.07 Å². The molecular weight excluding hydrogens is 304 g/mol. The second-order valence-corrected chi connectivity index (χ2v) is 5.47. The summed E-state index contributed by atoms with van der Waals surface area (Å²) in [6.07, 6.45) is 0.390. The highest BCUT2D eigenvalue weighted by atomic mass is 16.6. The summed E-state index contributed by atoms with van der Waals surface area (Å²) >= 11 is 0. The number of rotatable bonds is 4. The Labute approximate surface area is 141 Å². The van der Waals surface area contributed by atoms with Gasteiger partial charge in [-0.15, -0.1) is 0 Å². The number of carbonyl (C=O) groups is 1. The lowest BCUT2D eigenvalue weighted by Gasteiger charge is -2.24. The van der Waals surface area contributed by atoms with Gasteiger partial charge in [0, 0.05) is 12.1 Å². The highest BCUT2D eigenvalue weighted by Gasteiger charge is 2.17. The van der Waals surface area contributed by atoms with Crippen LogP contribution in [-0.2, 0) is 11.3 Å². The molecule has 0 atom stereocenters. The zero-order valence-corrected chi connectivity index (χ0v) is 13.5. The molecule has 0 aromatic heterocycles. The Bertz CT molecular complexity index is 795. The standard InChI is InChI=1S/C19H18N2O3/c1-2-19(22)21(16-5-3-4-14(10-16)12-20)13-15-6-7-17-18(11-15)24-9-8-23-17/h3-7,10-11H,2,8-9,13H2,1H3. The van der Waals surface area contributed by atoms with Crippen molar-refractivity contribution in [3.05, 3.63) is 53.6 Å². The third-order valence-electron chi connectivity index (χ3n) is 3.84. The number of benzene rings is 2. The van der Waals surface area contributed by atoms with Crippen LogP contribution < -0.4 is 14.4 Å². The number of ether oxygens (including phenoxy) is 2. The second-order valence-electron chi connectivity index (χ2n) is 5.47. The van der Waals surface area contributed by atoms with Gasteiger partial charge in [-0.2, -0.15) is 5.26 Å². The summed E-state index contributed by atoms with van der Waals surface area (Å²) in [5, 5.41) is 9.08. The molecular formula is C19H18N2O3. The van der Waals surface area contributed by atoms with Crippen LogP contribution in [0.2, 0.25) is 0 Å². The molecule has 2 aromatic rings. The van der Waals surface area contributed by atoms with Crippen molar-refractivity contribution in [3.8, 4) is 17.6 Å². The number of hydrogen-bond donors (Lipinski definition) is 0. The van der Waals surface area contributed by atoms with Gasteiger partial charge in [-0.25, -0.2) is 0 Å². The van der Waals surface area contributed by atoms with Crippen LogP contribution in [0.15, 0.2) is 42.5 Å². The largest absolute Gasteiger partial charge is 0.486 e. The molecule has 1 aliphatic heterocycles. The maximum absolute atomic E-state index is 12.4. The van der Waals surface area contributed by atoms with E-state index >= 15 is 0 Å². The fourth-order valence-electron chi connectivity index (χ4n) is 2.63. The lowest BCUT2D eigenvalue weighted by Crippen LogP contribution is -2.29. The number of hydrogen-bond acceptors (Lipinski definition) is 4. The maximum atomic E-state index is 12.4. The van der Waals surface area contributed by atoms with E-state index in [1.54, 1.807) is 23.1 Å². The van der Waals surface area contributed by atoms with E-state index in [1.165, 1.54) is 0 Å². The fraction of sp³-hybridized carbons (Fsp3) is 0.263. The molecule has 0 N–H and O–H groups in total. The van der Waals surface area contributed by atoms with Crippen LogP contribution >= 0.6 is 0 Å². The van der Waals surface area contributed by atoms with Gasteiger partial charge in [0.25, 0.3) is 0 Å². The molecule has 0 bridgehead atoms. The predicted octanol–water partition coefficient (Wildman–Crippen LogP) is 3.27. The zero-order valence-electron chi connectivity index (χ0n) is 13.5. The lowest BCUT2D eigenvalue weighted by molar-refractivity contribution is -0.118. The number of amides is 1. The van der Waals surface area contributed by atoms with Gasteiger partial charge < -0.3 is 14.4 Å². The van der Waals surface area contributed by atoms with Crippen molar-refractivity contribution in [2.24, 2.45) is 0 Å². The van der Waals surface area contributed by atoms with Crippen molar-refractivity contribution in [2.45, 2.75) is 19.9 Å². The van der Waals surface area contributed by atoms with E-state index in [4.69, 9.17) is 14.7 Å². The van der Waals surface area contributed by atoms with Gasteiger partial charge in [0.15, 0.2) is 11.5 Å². The SMILES string of the molecule is CCC(=O)N(Cc1ccc2c(c1)OCCO2)c1cccc(C#N)c1. The van der Waals surface area contributed by atoms with E-state index < -0.39 is 0 Å². The Balaban J connectivity index is 1.90. The molecule has 24 heavy (non-hydrogen) atoms. The normalized spacial score (nSPS) is 12.3. The molecule has 0 radical (unpaired) electrons. The van der Waals surface area contributed by atoms with Crippen LogP contribution in [0.3, 0.4) is 0 Å². The van der Waals surface area contributed by atoms with Crippen LogP contribution in [0.1, 0.15) is 24.5 Å². The van der Waals surface area contributed by atoms with Crippen LogP contribution in [0.25, 0.3) is 0 Å².